The lowest BCUT2D eigenvalue weighted by Gasteiger charge is -2.28. The Hall–Kier alpha value is -4.40. The van der Waals surface area contributed by atoms with Crippen LogP contribution in [0.4, 0.5) is 14.5 Å². The van der Waals surface area contributed by atoms with Crippen LogP contribution in [0.2, 0.25) is 0 Å². The molecule has 1 aliphatic carbocycles. The molecular formula is C30H28F2N4O3. The molecule has 0 radical (unpaired) electrons. The van der Waals surface area contributed by atoms with E-state index in [0.29, 0.717) is 24.2 Å². The molecule has 5 rings (SSSR count). The predicted octanol–water partition coefficient (Wildman–Crippen LogP) is 4.10. The maximum Gasteiger partial charge on any atom is 0.272 e. The summed E-state index contributed by atoms with van der Waals surface area (Å²) in [5, 5.41) is 5.43. The van der Waals surface area contributed by atoms with Gasteiger partial charge in [-0.1, -0.05) is 61.4 Å². The highest BCUT2D eigenvalue weighted by atomic mass is 19.1. The molecule has 3 aromatic rings. The van der Waals surface area contributed by atoms with Crippen molar-refractivity contribution in [1.29, 1.82) is 0 Å². The number of carbonyl (C=O) groups is 3. The number of fused-ring (bicyclic) bond motifs is 1. The second-order valence-electron chi connectivity index (χ2n) is 9.88. The molecule has 2 N–H and O–H groups in total. The number of benzene rings is 3. The van der Waals surface area contributed by atoms with Crippen LogP contribution in [0.3, 0.4) is 0 Å². The van der Waals surface area contributed by atoms with Gasteiger partial charge >= 0.3 is 0 Å². The van der Waals surface area contributed by atoms with Gasteiger partial charge in [0.25, 0.3) is 5.91 Å². The highest BCUT2D eigenvalue weighted by Crippen LogP contribution is 2.39. The first-order valence-electron chi connectivity index (χ1n) is 12.8. The Kier molecular flexibility index (Phi) is 7.24. The van der Waals surface area contributed by atoms with Gasteiger partial charge in [0.2, 0.25) is 18.0 Å². The van der Waals surface area contributed by atoms with Crippen molar-refractivity contribution in [1.82, 2.24) is 10.6 Å². The zero-order valence-corrected chi connectivity index (χ0v) is 21.4. The molecule has 1 aliphatic heterocycles. The van der Waals surface area contributed by atoms with Crippen LogP contribution in [0, 0.1) is 17.0 Å². The molecule has 1 fully saturated rings. The highest BCUT2D eigenvalue weighted by molar-refractivity contribution is 6.20. The van der Waals surface area contributed by atoms with Gasteiger partial charge in [-0.05, 0) is 36.6 Å². The van der Waals surface area contributed by atoms with Gasteiger partial charge in [-0.3, -0.25) is 14.4 Å². The van der Waals surface area contributed by atoms with E-state index in [9.17, 15) is 23.2 Å². The normalized spacial score (nSPS) is 18.1. The number of nitrogens with zero attached hydrogens (tertiary/aromatic N) is 2. The maximum absolute atomic E-state index is 13.7. The number of anilines is 1. The minimum atomic E-state index is -1.42. The number of rotatable bonds is 6. The summed E-state index contributed by atoms with van der Waals surface area (Å²) in [4.78, 5) is 46.8. The van der Waals surface area contributed by atoms with E-state index >= 15 is 0 Å². The van der Waals surface area contributed by atoms with E-state index in [1.165, 1.54) is 4.90 Å². The van der Waals surface area contributed by atoms with Gasteiger partial charge in [0, 0.05) is 30.8 Å². The topological polar surface area (TPSA) is 90.9 Å². The number of likely N-dealkylation sites (N-methyl/N-ethyl adjacent to an activating group) is 1. The van der Waals surface area contributed by atoms with Crippen LogP contribution >= 0.6 is 0 Å². The van der Waals surface area contributed by atoms with Gasteiger partial charge in [0.1, 0.15) is 17.0 Å². The fraction of sp³-hybridized carbons (Fsp3) is 0.267. The highest BCUT2D eigenvalue weighted by Gasteiger charge is 2.49. The van der Waals surface area contributed by atoms with Crippen molar-refractivity contribution < 1.29 is 23.2 Å². The number of hydrogen-bond acceptors (Lipinski definition) is 4. The fourth-order valence-electron chi connectivity index (χ4n) is 5.31. The molecule has 3 amide bonds. The minimum absolute atomic E-state index is 0.140. The number of nitrogens with one attached hydrogen (secondary N) is 2. The zero-order chi connectivity index (χ0) is 27.6. The molecule has 1 saturated carbocycles. The van der Waals surface area contributed by atoms with Crippen LogP contribution in [0.25, 0.3) is 0 Å². The predicted molar refractivity (Wildman–Crippen MR) is 143 cm³/mol. The molecule has 0 spiro atoms. The lowest BCUT2D eigenvalue weighted by atomic mass is 9.83. The summed E-state index contributed by atoms with van der Waals surface area (Å²) in [6.45, 7) is -0.140. The standard InChI is InChI=1S/C30H28F2N4O3/c1-36-24-12-6-5-11-23(24)25(20-9-3-2-4-10-20)34-26(27(36)37)35-29(39)30(13-7-8-14-30)28(38)33-18-19-15-21(31)17-22(32)16-19/h2-6,9-12,15-17,26H,7-8,13-14,18H2,1H3,(H,33,38)(H,35,39)/t26-/m1/s1. The van der Waals surface area contributed by atoms with E-state index in [1.807, 2.05) is 54.6 Å². The van der Waals surface area contributed by atoms with Crippen molar-refractivity contribution in [2.45, 2.75) is 38.4 Å². The molecule has 39 heavy (non-hydrogen) atoms. The Balaban J connectivity index is 1.43. The van der Waals surface area contributed by atoms with Crippen LogP contribution in [-0.4, -0.2) is 36.6 Å². The third kappa shape index (κ3) is 5.16. The van der Waals surface area contributed by atoms with Crippen molar-refractivity contribution in [2.75, 3.05) is 11.9 Å². The second kappa shape index (κ2) is 10.8. The number of hydrogen-bond donors (Lipinski definition) is 2. The molecule has 200 valence electrons. The van der Waals surface area contributed by atoms with Gasteiger partial charge in [-0.2, -0.15) is 0 Å². The van der Waals surface area contributed by atoms with Crippen molar-refractivity contribution >= 4 is 29.1 Å². The monoisotopic (exact) mass is 530 g/mol. The average Bonchev–Trinajstić information content (AvgIpc) is 3.41. The number of aliphatic imine (C=N–C) groups is 1. The van der Waals surface area contributed by atoms with Gasteiger partial charge in [-0.25, -0.2) is 13.8 Å². The molecule has 0 saturated heterocycles. The Morgan fingerprint density at radius 2 is 1.59 bits per heavy atom. The quantitative estimate of drug-likeness (QED) is 0.471. The van der Waals surface area contributed by atoms with Crippen molar-refractivity contribution in [3.05, 3.63) is 101 Å². The Morgan fingerprint density at radius 3 is 2.28 bits per heavy atom. The third-order valence-corrected chi connectivity index (χ3v) is 7.36. The van der Waals surface area contributed by atoms with E-state index in [4.69, 9.17) is 4.99 Å². The average molecular weight is 531 g/mol. The second-order valence-corrected chi connectivity index (χ2v) is 9.88. The number of amides is 3. The first-order chi connectivity index (χ1) is 18.8. The van der Waals surface area contributed by atoms with Crippen LogP contribution in [-0.2, 0) is 20.9 Å². The molecule has 0 aromatic heterocycles. The van der Waals surface area contributed by atoms with E-state index in [2.05, 4.69) is 10.6 Å². The molecule has 9 heteroatoms. The first-order valence-corrected chi connectivity index (χ1v) is 12.8. The fourth-order valence-corrected chi connectivity index (χ4v) is 5.31. The van der Waals surface area contributed by atoms with Crippen LogP contribution in [0.5, 0.6) is 0 Å². The van der Waals surface area contributed by atoms with Gasteiger partial charge < -0.3 is 15.5 Å². The Morgan fingerprint density at radius 1 is 0.949 bits per heavy atom. The molecule has 3 aromatic carbocycles. The summed E-state index contributed by atoms with van der Waals surface area (Å²) in [5.41, 5.74) is 1.54. The van der Waals surface area contributed by atoms with Gasteiger partial charge in [-0.15, -0.1) is 0 Å². The van der Waals surface area contributed by atoms with Gasteiger partial charge in [0.05, 0.1) is 11.4 Å². The molecule has 1 atom stereocenters. The Labute approximate surface area is 224 Å². The first kappa shape index (κ1) is 26.2. The van der Waals surface area contributed by atoms with Crippen molar-refractivity contribution in [3.8, 4) is 0 Å². The van der Waals surface area contributed by atoms with E-state index < -0.39 is 40.9 Å². The van der Waals surface area contributed by atoms with Crippen LogP contribution in [0.1, 0.15) is 42.4 Å². The summed E-state index contributed by atoms with van der Waals surface area (Å²) in [6, 6.07) is 19.8. The maximum atomic E-state index is 13.7. The number of para-hydroxylation sites is 1. The lowest BCUT2D eigenvalue weighted by Crippen LogP contribution is -2.55. The van der Waals surface area contributed by atoms with Gasteiger partial charge in [0.15, 0.2) is 0 Å². The summed E-state index contributed by atoms with van der Waals surface area (Å²) < 4.78 is 27.2. The molecule has 2 aliphatic rings. The Bertz CT molecular complexity index is 1430. The summed E-state index contributed by atoms with van der Waals surface area (Å²) in [5.74, 6) is -3.09. The van der Waals surface area contributed by atoms with E-state index in [0.717, 1.165) is 29.3 Å². The molecule has 7 nitrogen and oxygen atoms in total. The van der Waals surface area contributed by atoms with Crippen molar-refractivity contribution in [2.24, 2.45) is 10.4 Å². The lowest BCUT2D eigenvalue weighted by molar-refractivity contribution is -0.145. The summed E-state index contributed by atoms with van der Waals surface area (Å²) >= 11 is 0. The summed E-state index contributed by atoms with van der Waals surface area (Å²) in [6.07, 6.45) is 0.617. The molecule has 0 unspecified atom stereocenters. The zero-order valence-electron chi connectivity index (χ0n) is 21.4. The number of halogens is 2. The molecular weight excluding hydrogens is 502 g/mol. The largest absolute Gasteiger partial charge is 0.351 e. The number of carbonyl (C=O) groups excluding carboxylic acids is 3. The van der Waals surface area contributed by atoms with Crippen molar-refractivity contribution in [3.63, 3.8) is 0 Å². The number of benzodiazepines with no additional fused rings is 1. The SMILES string of the molecule is CN1C(=O)[C@@H](NC(=O)C2(C(=O)NCc3cc(F)cc(F)c3)CCCC2)N=C(c2ccccc2)c2ccccc21. The van der Waals surface area contributed by atoms with Crippen LogP contribution < -0.4 is 15.5 Å². The van der Waals surface area contributed by atoms with E-state index in [-0.39, 0.29) is 24.9 Å². The smallest absolute Gasteiger partial charge is 0.272 e. The van der Waals surface area contributed by atoms with Crippen LogP contribution in [0.15, 0.2) is 77.8 Å². The molecule has 1 heterocycles. The summed E-state index contributed by atoms with van der Waals surface area (Å²) in [7, 11) is 1.62. The van der Waals surface area contributed by atoms with E-state index in [1.54, 1.807) is 7.05 Å². The molecule has 0 bridgehead atoms. The minimum Gasteiger partial charge on any atom is -0.351 e. The third-order valence-electron chi connectivity index (χ3n) is 7.36.